The molecule has 60 valence electrons. The molecule has 0 amide bonds. The van der Waals surface area contributed by atoms with Crippen molar-refractivity contribution in [2.45, 2.75) is 25.0 Å². The van der Waals surface area contributed by atoms with Gasteiger partial charge in [0, 0.05) is 0 Å². The highest BCUT2D eigenvalue weighted by Gasteiger charge is 2.34. The zero-order valence-electron chi connectivity index (χ0n) is 6.40. The highest BCUT2D eigenvalue weighted by atomic mass is 16.3. The second-order valence-electron chi connectivity index (χ2n) is 3.36. The third-order valence-electron chi connectivity index (χ3n) is 2.64. The fourth-order valence-corrected chi connectivity index (χ4v) is 1.97. The number of nitrogens with two attached hydrogens (primary N) is 1. The molecule has 1 fully saturated rings. The highest BCUT2D eigenvalue weighted by molar-refractivity contribution is 5.30. The molecular formula is C9H13NO. The van der Waals surface area contributed by atoms with E-state index >= 15 is 0 Å². The van der Waals surface area contributed by atoms with E-state index in [1.54, 1.807) is 0 Å². The van der Waals surface area contributed by atoms with E-state index in [1.807, 2.05) is 6.08 Å². The van der Waals surface area contributed by atoms with E-state index in [2.05, 4.69) is 12.2 Å². The predicted octanol–water partition coefficient (Wildman–Crippen LogP) is 0.581. The Bertz CT molecular complexity index is 216. The molecule has 3 unspecified atom stereocenters. The monoisotopic (exact) mass is 151 g/mol. The van der Waals surface area contributed by atoms with Gasteiger partial charge in [0.25, 0.3) is 0 Å². The van der Waals surface area contributed by atoms with Gasteiger partial charge in [-0.1, -0.05) is 18.2 Å². The molecule has 2 aliphatic rings. The van der Waals surface area contributed by atoms with Crippen LogP contribution in [0.25, 0.3) is 0 Å². The van der Waals surface area contributed by atoms with Crippen molar-refractivity contribution in [2.24, 2.45) is 11.7 Å². The molecule has 1 saturated carbocycles. The van der Waals surface area contributed by atoms with Gasteiger partial charge >= 0.3 is 0 Å². The fraction of sp³-hybridized carbons (Fsp3) is 0.556. The van der Waals surface area contributed by atoms with Crippen LogP contribution < -0.4 is 5.73 Å². The zero-order valence-corrected chi connectivity index (χ0v) is 6.40. The van der Waals surface area contributed by atoms with Crippen molar-refractivity contribution in [3.05, 3.63) is 23.8 Å². The smallest absolute Gasteiger partial charge is 0.0735 e. The second-order valence-corrected chi connectivity index (χ2v) is 3.36. The van der Waals surface area contributed by atoms with Crippen molar-refractivity contribution in [1.29, 1.82) is 0 Å². The molecule has 0 spiro atoms. The summed E-state index contributed by atoms with van der Waals surface area (Å²) in [5, 5.41) is 9.43. The summed E-state index contributed by atoms with van der Waals surface area (Å²) < 4.78 is 0. The lowest BCUT2D eigenvalue weighted by Crippen LogP contribution is -2.30. The molecule has 2 nitrogen and oxygen atoms in total. The van der Waals surface area contributed by atoms with Crippen LogP contribution in [-0.2, 0) is 0 Å². The number of hydrogen-bond acceptors (Lipinski definition) is 2. The van der Waals surface area contributed by atoms with E-state index in [0.29, 0.717) is 5.92 Å². The third kappa shape index (κ3) is 1.03. The standard InChI is InChI=1S/C9H13NO/c10-9-7-4-2-1-3-6(7)5-8(9)11/h1-2,4,6,8-9,11H,3,5,10H2. The van der Waals surface area contributed by atoms with Crippen LogP contribution in [0.3, 0.4) is 0 Å². The second kappa shape index (κ2) is 2.47. The molecule has 3 N–H and O–H groups in total. The maximum Gasteiger partial charge on any atom is 0.0735 e. The fourth-order valence-electron chi connectivity index (χ4n) is 1.97. The maximum atomic E-state index is 9.43. The topological polar surface area (TPSA) is 46.2 Å². The Hall–Kier alpha value is -0.600. The van der Waals surface area contributed by atoms with Crippen LogP contribution >= 0.6 is 0 Å². The average Bonchev–Trinajstić information content (AvgIpc) is 2.30. The minimum absolute atomic E-state index is 0.107. The first-order valence-corrected chi connectivity index (χ1v) is 4.09. The van der Waals surface area contributed by atoms with Crippen molar-refractivity contribution in [2.75, 3.05) is 0 Å². The van der Waals surface area contributed by atoms with Gasteiger partial charge in [-0.15, -0.1) is 0 Å². The Balaban J connectivity index is 2.25. The average molecular weight is 151 g/mol. The molecule has 0 aliphatic heterocycles. The first-order chi connectivity index (χ1) is 5.29. The molecule has 0 radical (unpaired) electrons. The van der Waals surface area contributed by atoms with Gasteiger partial charge in [0.05, 0.1) is 12.1 Å². The van der Waals surface area contributed by atoms with E-state index in [0.717, 1.165) is 12.8 Å². The normalized spacial score (nSPS) is 42.0. The molecule has 2 heteroatoms. The van der Waals surface area contributed by atoms with Crippen molar-refractivity contribution >= 4 is 0 Å². The molecule has 3 atom stereocenters. The van der Waals surface area contributed by atoms with Crippen molar-refractivity contribution < 1.29 is 5.11 Å². The summed E-state index contributed by atoms with van der Waals surface area (Å²) in [6.45, 7) is 0. The van der Waals surface area contributed by atoms with Crippen LogP contribution in [0.2, 0.25) is 0 Å². The molecule has 2 rings (SSSR count). The maximum absolute atomic E-state index is 9.43. The summed E-state index contributed by atoms with van der Waals surface area (Å²) in [5.41, 5.74) is 7.02. The quantitative estimate of drug-likeness (QED) is 0.532. The van der Waals surface area contributed by atoms with Gasteiger partial charge < -0.3 is 10.8 Å². The van der Waals surface area contributed by atoms with Gasteiger partial charge in [-0.3, -0.25) is 0 Å². The molecule has 0 bridgehead atoms. The number of hydrogen-bond donors (Lipinski definition) is 2. The molecule has 0 heterocycles. The van der Waals surface area contributed by atoms with Gasteiger partial charge in [0.1, 0.15) is 0 Å². The summed E-state index contributed by atoms with van der Waals surface area (Å²) in [6.07, 6.45) is 7.80. The SMILES string of the molecule is NC1C2=CC=CCC2CC1O. The van der Waals surface area contributed by atoms with Gasteiger partial charge in [0.2, 0.25) is 0 Å². The van der Waals surface area contributed by atoms with Crippen LogP contribution in [0.5, 0.6) is 0 Å². The van der Waals surface area contributed by atoms with Gasteiger partial charge in [-0.25, -0.2) is 0 Å². The van der Waals surface area contributed by atoms with E-state index in [1.165, 1.54) is 5.57 Å². The largest absolute Gasteiger partial charge is 0.391 e. The van der Waals surface area contributed by atoms with E-state index in [4.69, 9.17) is 5.73 Å². The van der Waals surface area contributed by atoms with Gasteiger partial charge in [-0.2, -0.15) is 0 Å². The lowest BCUT2D eigenvalue weighted by atomic mass is 9.94. The van der Waals surface area contributed by atoms with Crippen LogP contribution in [0.4, 0.5) is 0 Å². The van der Waals surface area contributed by atoms with Gasteiger partial charge in [-0.05, 0) is 24.3 Å². The number of allylic oxidation sites excluding steroid dienone is 3. The lowest BCUT2D eigenvalue weighted by molar-refractivity contribution is 0.164. The number of aliphatic hydroxyl groups excluding tert-OH is 1. The van der Waals surface area contributed by atoms with Crippen LogP contribution in [0.1, 0.15) is 12.8 Å². The van der Waals surface area contributed by atoms with Gasteiger partial charge in [0.15, 0.2) is 0 Å². The summed E-state index contributed by atoms with van der Waals surface area (Å²) in [4.78, 5) is 0. The Labute approximate surface area is 66.4 Å². The molecule has 2 aliphatic carbocycles. The Morgan fingerprint density at radius 2 is 2.36 bits per heavy atom. The number of aliphatic hydroxyl groups is 1. The van der Waals surface area contributed by atoms with Crippen LogP contribution in [0.15, 0.2) is 23.8 Å². The van der Waals surface area contributed by atoms with Crippen LogP contribution in [0, 0.1) is 5.92 Å². The Morgan fingerprint density at radius 3 is 3.09 bits per heavy atom. The van der Waals surface area contributed by atoms with Crippen LogP contribution in [-0.4, -0.2) is 17.3 Å². The number of rotatable bonds is 0. The molecule has 0 aromatic heterocycles. The zero-order chi connectivity index (χ0) is 7.84. The molecular weight excluding hydrogens is 138 g/mol. The molecule has 11 heavy (non-hydrogen) atoms. The minimum Gasteiger partial charge on any atom is -0.391 e. The summed E-state index contributed by atoms with van der Waals surface area (Å²) >= 11 is 0. The third-order valence-corrected chi connectivity index (χ3v) is 2.64. The first kappa shape index (κ1) is 7.07. The van der Waals surface area contributed by atoms with E-state index in [9.17, 15) is 5.11 Å². The summed E-state index contributed by atoms with van der Waals surface area (Å²) in [7, 11) is 0. The molecule has 0 saturated heterocycles. The Morgan fingerprint density at radius 1 is 1.55 bits per heavy atom. The lowest BCUT2D eigenvalue weighted by Gasteiger charge is -2.14. The molecule has 0 aromatic carbocycles. The first-order valence-electron chi connectivity index (χ1n) is 4.09. The minimum atomic E-state index is -0.314. The highest BCUT2D eigenvalue weighted by Crippen LogP contribution is 2.35. The number of fused-ring (bicyclic) bond motifs is 1. The molecule has 0 aromatic rings. The van der Waals surface area contributed by atoms with E-state index < -0.39 is 0 Å². The summed E-state index contributed by atoms with van der Waals surface area (Å²) in [5.74, 6) is 0.519. The van der Waals surface area contributed by atoms with E-state index in [-0.39, 0.29) is 12.1 Å². The predicted molar refractivity (Wildman–Crippen MR) is 43.9 cm³/mol. The summed E-state index contributed by atoms with van der Waals surface area (Å²) in [6, 6.07) is -0.107. The van der Waals surface area contributed by atoms with Crippen molar-refractivity contribution in [3.63, 3.8) is 0 Å². The Kier molecular flexibility index (Phi) is 1.59. The van der Waals surface area contributed by atoms with Crippen molar-refractivity contribution in [3.8, 4) is 0 Å². The van der Waals surface area contributed by atoms with Crippen molar-refractivity contribution in [1.82, 2.24) is 0 Å².